The van der Waals surface area contributed by atoms with Crippen molar-refractivity contribution in [2.45, 2.75) is 62.3 Å². The molecule has 0 spiro atoms. The molecule has 6 nitrogen and oxygen atoms in total. The van der Waals surface area contributed by atoms with Gasteiger partial charge in [-0.3, -0.25) is 0 Å². The number of hydrogen-bond donors (Lipinski definition) is 0. The molecule has 0 aromatic carbocycles. The maximum Gasteiger partial charge on any atom is 3.00 e. The third-order valence-corrected chi connectivity index (χ3v) is 3.46. The fourth-order valence-corrected chi connectivity index (χ4v) is 0.919. The van der Waals surface area contributed by atoms with Crippen LogP contribution < -0.4 is 15.3 Å². The molecule has 0 aromatic heterocycles. The van der Waals surface area contributed by atoms with Crippen molar-refractivity contribution in [2.24, 2.45) is 16.2 Å². The van der Waals surface area contributed by atoms with Crippen LogP contribution in [-0.4, -0.2) is 17.9 Å². The van der Waals surface area contributed by atoms with Gasteiger partial charge in [-0.2, -0.15) is 0 Å². The van der Waals surface area contributed by atoms with Crippen LogP contribution in [0, 0.1) is 16.2 Å². The fourth-order valence-electron chi connectivity index (χ4n) is 0.919. The van der Waals surface area contributed by atoms with E-state index in [1.807, 2.05) is 0 Å². The summed E-state index contributed by atoms with van der Waals surface area (Å²) in [4.78, 5) is 30.4. The summed E-state index contributed by atoms with van der Waals surface area (Å²) in [6.45, 7) is 26.1. The van der Waals surface area contributed by atoms with Crippen molar-refractivity contribution in [3.63, 3.8) is 0 Å². The Labute approximate surface area is 179 Å². The molecule has 0 atom stereocenters. The summed E-state index contributed by atoms with van der Waals surface area (Å²) in [6, 6.07) is 0. The van der Waals surface area contributed by atoms with E-state index in [0.29, 0.717) is 0 Å². The molecule has 161 valence electrons. The molecular weight excluding hydrogens is 404 g/mol. The van der Waals surface area contributed by atoms with E-state index in [0.717, 1.165) is 0 Å². The Kier molecular flexibility index (Phi) is 15.1. The third kappa shape index (κ3) is 16.3. The predicted octanol–water partition coefficient (Wildman–Crippen LogP) is 1.01. The minimum atomic E-state index is -1.16. The maximum absolute atomic E-state index is 10.1. The normalized spacial score (nSPS) is 10.6. The van der Waals surface area contributed by atoms with Gasteiger partial charge in [0.25, 0.3) is 0 Å². The summed E-state index contributed by atoms with van der Waals surface area (Å²) < 4.78 is 0. The van der Waals surface area contributed by atoms with Crippen molar-refractivity contribution in [1.29, 1.82) is 0 Å². The van der Waals surface area contributed by atoms with E-state index in [2.05, 4.69) is 19.7 Å². The quantitative estimate of drug-likeness (QED) is 0.480. The largest absolute Gasteiger partial charge is 3.00 e. The first-order valence-corrected chi connectivity index (χ1v) is 8.29. The Morgan fingerprint density at radius 3 is 0.607 bits per heavy atom. The molecule has 0 aliphatic heterocycles. The van der Waals surface area contributed by atoms with Gasteiger partial charge >= 0.3 is 17.1 Å². The van der Waals surface area contributed by atoms with Gasteiger partial charge in [-0.15, -0.1) is 0 Å². The third-order valence-electron chi connectivity index (χ3n) is 3.46. The van der Waals surface area contributed by atoms with Crippen LogP contribution >= 0.6 is 0 Å². The number of carboxylic acids is 3. The Morgan fingerprint density at radius 2 is 0.607 bits per heavy atom. The molecule has 0 rings (SSSR count). The average Bonchev–Trinajstić information content (AvgIpc) is 2.42. The molecule has 0 aliphatic carbocycles. The monoisotopic (exact) mass is 437 g/mol. The van der Waals surface area contributed by atoms with Gasteiger partial charge in [0, 0.05) is 0 Å². The smallest absolute Gasteiger partial charge is 0.545 e. The molecule has 0 fully saturated rings. The number of rotatable bonds is 3. The van der Waals surface area contributed by atoms with Crippen molar-refractivity contribution < 1.29 is 46.8 Å². The molecule has 0 N–H and O–H groups in total. The van der Waals surface area contributed by atoms with Crippen LogP contribution in [0.25, 0.3) is 0 Å². The first kappa shape index (κ1) is 33.7. The van der Waals surface area contributed by atoms with E-state index in [1.165, 1.54) is 0 Å². The number of carboxylic acid groups (broad SMARTS) is 3. The summed E-state index contributed by atoms with van der Waals surface area (Å²) in [6.07, 6.45) is 0. The minimum absolute atomic E-state index is 0. The second-order valence-corrected chi connectivity index (χ2v) is 9.05. The van der Waals surface area contributed by atoms with Gasteiger partial charge in [-0.1, -0.05) is 82.1 Å². The standard InChI is InChI=1S/3C7H12O2.Fe/c3*1-5(6(8)9)7(2,3)4;/h3*1H2,2-4H3,(H,8,9);/q;;;+3/p-3. The van der Waals surface area contributed by atoms with Crippen LogP contribution in [0.3, 0.4) is 0 Å². The summed E-state index contributed by atoms with van der Waals surface area (Å²) in [5.74, 6) is -3.49. The van der Waals surface area contributed by atoms with E-state index in [1.54, 1.807) is 62.3 Å². The first-order chi connectivity index (χ1) is 11.6. The molecule has 28 heavy (non-hydrogen) atoms. The molecule has 0 aliphatic rings. The van der Waals surface area contributed by atoms with Gasteiger partial charge < -0.3 is 29.7 Å². The van der Waals surface area contributed by atoms with Gasteiger partial charge in [-0.25, -0.2) is 0 Å². The van der Waals surface area contributed by atoms with Crippen molar-refractivity contribution in [3.8, 4) is 0 Å². The molecule has 0 unspecified atom stereocenters. The number of hydrogen-bond acceptors (Lipinski definition) is 6. The topological polar surface area (TPSA) is 120 Å². The Balaban J connectivity index is -0.000000152. The van der Waals surface area contributed by atoms with E-state index < -0.39 is 17.9 Å². The van der Waals surface area contributed by atoms with E-state index in [4.69, 9.17) is 0 Å². The second-order valence-electron chi connectivity index (χ2n) is 9.05. The van der Waals surface area contributed by atoms with E-state index in [-0.39, 0.29) is 50.0 Å². The molecule has 0 bridgehead atoms. The van der Waals surface area contributed by atoms with Gasteiger partial charge in [0.2, 0.25) is 0 Å². The van der Waals surface area contributed by atoms with Gasteiger partial charge in [0.05, 0.1) is 17.9 Å². The SMILES string of the molecule is C=C(C(=O)[O-])C(C)(C)C.C=C(C(=O)[O-])C(C)(C)C.C=C(C(=O)[O-])C(C)(C)C.[Fe+3]. The molecule has 1 radical (unpaired) electrons. The molecular formula is C21H33FeO6. The summed E-state index contributed by atoms with van der Waals surface area (Å²) in [7, 11) is 0. The molecule has 0 saturated heterocycles. The summed E-state index contributed by atoms with van der Waals surface area (Å²) in [5.41, 5.74) is -0.705. The van der Waals surface area contributed by atoms with Gasteiger partial charge in [0.15, 0.2) is 0 Å². The number of carbonyl (C=O) groups is 3. The van der Waals surface area contributed by atoms with Crippen molar-refractivity contribution >= 4 is 17.9 Å². The van der Waals surface area contributed by atoms with Crippen LogP contribution in [-0.2, 0) is 31.5 Å². The number of carbonyl (C=O) groups excluding carboxylic acids is 3. The minimum Gasteiger partial charge on any atom is -0.545 e. The molecule has 7 heteroatoms. The van der Waals surface area contributed by atoms with E-state index in [9.17, 15) is 29.7 Å². The molecule has 0 aromatic rings. The average molecular weight is 437 g/mol. The number of aliphatic carboxylic acids is 3. The zero-order chi connectivity index (χ0) is 23.0. The van der Waals surface area contributed by atoms with Crippen LogP contribution in [0.5, 0.6) is 0 Å². The molecule has 0 saturated carbocycles. The molecule has 0 amide bonds. The maximum atomic E-state index is 10.1. The summed E-state index contributed by atoms with van der Waals surface area (Å²) >= 11 is 0. The Hall–Kier alpha value is -1.85. The Bertz CT molecular complexity index is 510. The fraction of sp³-hybridized carbons (Fsp3) is 0.571. The van der Waals surface area contributed by atoms with E-state index >= 15 is 0 Å². The second kappa shape index (κ2) is 12.6. The van der Waals surface area contributed by atoms with Crippen LogP contribution in [0.4, 0.5) is 0 Å². The van der Waals surface area contributed by atoms with Crippen LogP contribution in [0.2, 0.25) is 0 Å². The van der Waals surface area contributed by atoms with Crippen molar-refractivity contribution in [2.75, 3.05) is 0 Å². The van der Waals surface area contributed by atoms with Gasteiger partial charge in [0.1, 0.15) is 0 Å². The summed E-state index contributed by atoms with van der Waals surface area (Å²) in [5, 5.41) is 30.4. The molecule has 0 heterocycles. The van der Waals surface area contributed by atoms with Crippen LogP contribution in [0.15, 0.2) is 36.5 Å². The zero-order valence-corrected chi connectivity index (χ0v) is 19.5. The predicted molar refractivity (Wildman–Crippen MR) is 101 cm³/mol. The Morgan fingerprint density at radius 1 is 0.500 bits per heavy atom. The zero-order valence-electron chi connectivity index (χ0n) is 18.4. The van der Waals surface area contributed by atoms with Crippen molar-refractivity contribution in [3.05, 3.63) is 36.5 Å². The van der Waals surface area contributed by atoms with Gasteiger partial charge in [-0.05, 0) is 33.0 Å². The first-order valence-electron chi connectivity index (χ1n) is 8.29. The van der Waals surface area contributed by atoms with Crippen molar-refractivity contribution in [1.82, 2.24) is 0 Å². The van der Waals surface area contributed by atoms with Crippen LogP contribution in [0.1, 0.15) is 62.3 Å².